The fourth-order valence-electron chi connectivity index (χ4n) is 6.49. The molecule has 254 valence electrons. The van der Waals surface area contributed by atoms with E-state index in [1.165, 1.54) is 17.4 Å². The number of likely N-dealkylation sites (tertiary alicyclic amines) is 1. The lowest BCUT2D eigenvalue weighted by atomic mass is 9.85. The normalized spacial score (nSPS) is 20.6. The zero-order valence-electron chi connectivity index (χ0n) is 27.5. The van der Waals surface area contributed by atoms with Gasteiger partial charge in [0.25, 0.3) is 0 Å². The maximum Gasteiger partial charge on any atom is 0.407 e. The van der Waals surface area contributed by atoms with Crippen LogP contribution in [0.1, 0.15) is 75.8 Å². The number of hydrogen-bond acceptors (Lipinski definition) is 7. The molecule has 1 saturated carbocycles. The molecule has 1 aromatic heterocycles. The summed E-state index contributed by atoms with van der Waals surface area (Å²) >= 11 is 1.47. The van der Waals surface area contributed by atoms with Crippen molar-refractivity contribution >= 4 is 39.2 Å². The third-order valence-electron chi connectivity index (χ3n) is 8.87. The number of nitrogens with zero attached hydrogens (tertiary/aromatic N) is 3. The zero-order valence-corrected chi connectivity index (χ0v) is 29.2. The Bertz CT molecular complexity index is 1650. The average molecular weight is 683 g/mol. The van der Waals surface area contributed by atoms with Crippen molar-refractivity contribution in [1.82, 2.24) is 24.8 Å². The third-order valence-corrected chi connectivity index (χ3v) is 11.9. The molecule has 4 N–H and O–H groups in total. The largest absolute Gasteiger partial charge is 0.465 e. The van der Waals surface area contributed by atoms with Crippen molar-refractivity contribution in [1.29, 1.82) is 0 Å². The maximum atomic E-state index is 13.7. The minimum atomic E-state index is -3.97. The second kappa shape index (κ2) is 14.7. The highest BCUT2D eigenvalue weighted by Crippen LogP contribution is 2.41. The number of sulfonamides is 1. The highest BCUT2D eigenvalue weighted by Gasteiger charge is 2.34. The Balaban J connectivity index is 1.31. The number of amides is 3. The van der Waals surface area contributed by atoms with Gasteiger partial charge in [-0.2, -0.15) is 0 Å². The molecule has 1 aliphatic heterocycles. The van der Waals surface area contributed by atoms with E-state index in [0.29, 0.717) is 29.2 Å². The van der Waals surface area contributed by atoms with Crippen LogP contribution in [-0.2, 0) is 16.6 Å². The topological polar surface area (TPSA) is 144 Å². The van der Waals surface area contributed by atoms with E-state index in [0.717, 1.165) is 55.6 Å². The molecule has 2 aromatic carbocycles. The van der Waals surface area contributed by atoms with Crippen LogP contribution >= 0.6 is 11.3 Å². The Morgan fingerprint density at radius 1 is 1.06 bits per heavy atom. The molecule has 1 aliphatic carbocycles. The summed E-state index contributed by atoms with van der Waals surface area (Å²) in [7, 11) is -1.90. The predicted molar refractivity (Wildman–Crippen MR) is 185 cm³/mol. The smallest absolute Gasteiger partial charge is 0.407 e. The minimum Gasteiger partial charge on any atom is -0.465 e. The van der Waals surface area contributed by atoms with Crippen molar-refractivity contribution < 1.29 is 23.1 Å². The van der Waals surface area contributed by atoms with Crippen LogP contribution in [0.25, 0.3) is 10.4 Å². The van der Waals surface area contributed by atoms with E-state index in [9.17, 15) is 23.1 Å². The first-order chi connectivity index (χ1) is 22.3. The first-order valence-electron chi connectivity index (χ1n) is 16.2. The predicted octanol–water partition coefficient (Wildman–Crippen LogP) is 6.31. The molecule has 2 aliphatic rings. The van der Waals surface area contributed by atoms with Gasteiger partial charge in [0.2, 0.25) is 10.0 Å². The summed E-state index contributed by atoms with van der Waals surface area (Å²) in [5.74, 6) is 0.178. The van der Waals surface area contributed by atoms with Gasteiger partial charge in [-0.1, -0.05) is 36.4 Å². The van der Waals surface area contributed by atoms with Crippen LogP contribution in [0.2, 0.25) is 0 Å². The van der Waals surface area contributed by atoms with E-state index in [1.807, 2.05) is 30.3 Å². The van der Waals surface area contributed by atoms with Crippen LogP contribution in [0.4, 0.5) is 15.3 Å². The molecule has 3 amide bonds. The Labute approximate surface area is 281 Å². The number of likely N-dealkylation sites (N-methyl/N-ethyl adjacent to an activating group) is 1. The molecule has 1 atom stereocenters. The van der Waals surface area contributed by atoms with Gasteiger partial charge in [-0.3, -0.25) is 0 Å². The highest BCUT2D eigenvalue weighted by atomic mass is 32.2. The molecule has 13 heteroatoms. The fourth-order valence-corrected chi connectivity index (χ4v) is 9.35. The van der Waals surface area contributed by atoms with Gasteiger partial charge < -0.3 is 25.5 Å². The molecule has 2 heterocycles. The van der Waals surface area contributed by atoms with Crippen LogP contribution < -0.4 is 15.4 Å². The number of urea groups is 1. The summed E-state index contributed by atoms with van der Waals surface area (Å²) in [6, 6.07) is 14.2. The molecular weight excluding hydrogens is 637 g/mol. The van der Waals surface area contributed by atoms with Crippen LogP contribution in [0.5, 0.6) is 0 Å². The number of thiazole rings is 1. The van der Waals surface area contributed by atoms with Gasteiger partial charge >= 0.3 is 12.1 Å². The first kappa shape index (κ1) is 34.8. The SMILES string of the molecule is CN1CCC[C@H]1CN(C(=O)O)C1CCC(c2ncc(-c3ccc(NC(=O)NCc4ccccc4)cc3S(=O)(=O)NC(C)(C)C)s2)CC1. The number of nitrogens with one attached hydrogen (secondary N) is 3. The molecular formula is C34H46N6O5S2. The number of hydrogen-bond donors (Lipinski definition) is 4. The maximum absolute atomic E-state index is 13.7. The Hall–Kier alpha value is -3.52. The standard InChI is InChI=1S/C34H46N6O5S2/c1-34(2,3)38-47(44,45)30-19-25(37-32(41)36-20-23-9-6-5-7-10-23)14-17-28(30)29-21-35-31(46-29)24-12-15-26(16-13-24)40(33(42)43)22-27-11-8-18-39(27)4/h5-7,9-10,14,17,19,21,24,26-27,38H,8,11-13,15-16,18,20,22H2,1-4H3,(H,42,43)(H2,36,37,41)/t24?,26?,27-/m0/s1. The number of benzene rings is 2. The van der Waals surface area contributed by atoms with E-state index in [1.54, 1.807) is 44.0 Å². The lowest BCUT2D eigenvalue weighted by Crippen LogP contribution is -2.47. The van der Waals surface area contributed by atoms with E-state index in [2.05, 4.69) is 27.3 Å². The second-order valence-corrected chi connectivity index (χ2v) is 16.4. The summed E-state index contributed by atoms with van der Waals surface area (Å²) in [6.07, 6.45) is 6.17. The summed E-state index contributed by atoms with van der Waals surface area (Å²) in [5, 5.41) is 16.5. The monoisotopic (exact) mass is 682 g/mol. The number of rotatable bonds is 10. The molecule has 0 unspecified atom stereocenters. The number of carboxylic acid groups (broad SMARTS) is 1. The Morgan fingerprint density at radius 2 is 1.79 bits per heavy atom. The summed E-state index contributed by atoms with van der Waals surface area (Å²) in [4.78, 5) is 34.3. The molecule has 11 nitrogen and oxygen atoms in total. The fraction of sp³-hybridized carbons (Fsp3) is 0.500. The van der Waals surface area contributed by atoms with Crippen LogP contribution in [0, 0.1) is 0 Å². The Kier molecular flexibility index (Phi) is 10.9. The average Bonchev–Trinajstić information content (AvgIpc) is 3.67. The summed E-state index contributed by atoms with van der Waals surface area (Å²) < 4.78 is 30.1. The third kappa shape index (κ3) is 9.10. The van der Waals surface area contributed by atoms with Crippen molar-refractivity contribution in [2.75, 3.05) is 25.5 Å². The van der Waals surface area contributed by atoms with E-state index < -0.39 is 27.7 Å². The number of aromatic nitrogens is 1. The zero-order chi connectivity index (χ0) is 33.8. The van der Waals surface area contributed by atoms with Gasteiger partial charge in [0.05, 0.1) is 14.8 Å². The van der Waals surface area contributed by atoms with Crippen molar-refractivity contribution in [2.45, 2.75) is 94.3 Å². The van der Waals surface area contributed by atoms with Crippen LogP contribution in [-0.4, -0.2) is 78.2 Å². The van der Waals surface area contributed by atoms with E-state index in [4.69, 9.17) is 4.98 Å². The lowest BCUT2D eigenvalue weighted by Gasteiger charge is -2.37. The summed E-state index contributed by atoms with van der Waals surface area (Å²) in [5.41, 5.74) is 1.08. The van der Waals surface area contributed by atoms with Crippen LogP contribution in [0.3, 0.4) is 0 Å². The van der Waals surface area contributed by atoms with Gasteiger partial charge in [0.1, 0.15) is 0 Å². The van der Waals surface area contributed by atoms with Gasteiger partial charge in [-0.25, -0.2) is 27.7 Å². The lowest BCUT2D eigenvalue weighted by molar-refractivity contribution is 0.0924. The van der Waals surface area contributed by atoms with Crippen molar-refractivity contribution in [2.24, 2.45) is 0 Å². The van der Waals surface area contributed by atoms with E-state index in [-0.39, 0.29) is 22.9 Å². The van der Waals surface area contributed by atoms with Gasteiger partial charge in [0.15, 0.2) is 0 Å². The molecule has 5 rings (SSSR count). The van der Waals surface area contributed by atoms with Crippen molar-refractivity contribution in [3.8, 4) is 10.4 Å². The Morgan fingerprint density at radius 3 is 2.43 bits per heavy atom. The number of carbonyl (C=O) groups excluding carboxylic acids is 1. The molecule has 0 spiro atoms. The molecule has 2 fully saturated rings. The minimum absolute atomic E-state index is 0.0117. The number of carbonyl (C=O) groups is 2. The molecule has 3 aromatic rings. The molecule has 0 radical (unpaired) electrons. The van der Waals surface area contributed by atoms with Crippen LogP contribution in [0.15, 0.2) is 59.6 Å². The quantitative estimate of drug-likeness (QED) is 0.196. The summed E-state index contributed by atoms with van der Waals surface area (Å²) in [6.45, 7) is 7.23. The first-order valence-corrected chi connectivity index (χ1v) is 18.5. The number of anilines is 1. The molecule has 47 heavy (non-hydrogen) atoms. The van der Waals surface area contributed by atoms with Crippen molar-refractivity contribution in [3.05, 3.63) is 65.3 Å². The molecule has 1 saturated heterocycles. The highest BCUT2D eigenvalue weighted by molar-refractivity contribution is 7.89. The second-order valence-electron chi connectivity index (χ2n) is 13.6. The molecule has 0 bridgehead atoms. The van der Waals surface area contributed by atoms with Gasteiger partial charge in [0, 0.05) is 54.1 Å². The van der Waals surface area contributed by atoms with Crippen molar-refractivity contribution in [3.63, 3.8) is 0 Å². The van der Waals surface area contributed by atoms with Gasteiger partial charge in [-0.15, -0.1) is 11.3 Å². The van der Waals surface area contributed by atoms with E-state index >= 15 is 0 Å². The van der Waals surface area contributed by atoms with Gasteiger partial charge in [-0.05, 0) is 90.6 Å².